The van der Waals surface area contributed by atoms with Crippen molar-refractivity contribution in [2.24, 2.45) is 0 Å². The van der Waals surface area contributed by atoms with Crippen molar-refractivity contribution in [2.75, 3.05) is 5.32 Å². The van der Waals surface area contributed by atoms with Crippen molar-refractivity contribution in [2.45, 2.75) is 0 Å². The molecule has 7 nitrogen and oxygen atoms in total. The number of nitrogens with zero attached hydrogens (tertiary/aromatic N) is 2. The third kappa shape index (κ3) is 3.72. The smallest absolute Gasteiger partial charge is 0.349 e. The number of fused-ring (bicyclic) bond motifs is 1. The van der Waals surface area contributed by atoms with E-state index in [4.69, 9.17) is 8.94 Å². The summed E-state index contributed by atoms with van der Waals surface area (Å²) in [6.07, 6.45) is 0. The van der Waals surface area contributed by atoms with Crippen molar-refractivity contribution in [1.29, 1.82) is 0 Å². The number of hydrogen-bond donors (Lipinski definition) is 1. The van der Waals surface area contributed by atoms with Gasteiger partial charge in [0, 0.05) is 22.2 Å². The van der Waals surface area contributed by atoms with E-state index in [-0.39, 0.29) is 5.56 Å². The van der Waals surface area contributed by atoms with Crippen molar-refractivity contribution in [3.8, 4) is 22.8 Å². The van der Waals surface area contributed by atoms with E-state index in [0.29, 0.717) is 33.9 Å². The highest BCUT2D eigenvalue weighted by Gasteiger charge is 2.15. The Morgan fingerprint density at radius 1 is 0.839 bits per heavy atom. The van der Waals surface area contributed by atoms with E-state index in [2.05, 4.69) is 15.5 Å². The van der Waals surface area contributed by atoms with E-state index < -0.39 is 11.5 Å². The minimum Gasteiger partial charge on any atom is -0.422 e. The Morgan fingerprint density at radius 3 is 2.39 bits per heavy atom. The van der Waals surface area contributed by atoms with Crippen molar-refractivity contribution >= 4 is 22.6 Å². The second-order valence-electron chi connectivity index (χ2n) is 6.81. The molecule has 7 heteroatoms. The van der Waals surface area contributed by atoms with Crippen molar-refractivity contribution in [3.05, 3.63) is 101 Å². The maximum absolute atomic E-state index is 12.6. The van der Waals surface area contributed by atoms with Crippen LogP contribution < -0.4 is 10.9 Å². The fourth-order valence-electron chi connectivity index (χ4n) is 3.16. The lowest BCUT2D eigenvalue weighted by atomic mass is 10.1. The normalized spacial score (nSPS) is 10.8. The predicted molar refractivity (Wildman–Crippen MR) is 116 cm³/mol. The number of carbonyl (C=O) groups is 1. The number of hydrogen-bond acceptors (Lipinski definition) is 6. The van der Waals surface area contributed by atoms with Gasteiger partial charge >= 0.3 is 5.63 Å². The van der Waals surface area contributed by atoms with E-state index in [1.807, 2.05) is 36.4 Å². The van der Waals surface area contributed by atoms with Crippen molar-refractivity contribution in [1.82, 2.24) is 10.1 Å². The highest BCUT2D eigenvalue weighted by molar-refractivity contribution is 6.05. The molecule has 0 aliphatic rings. The summed E-state index contributed by atoms with van der Waals surface area (Å²) in [6.45, 7) is 0. The second-order valence-corrected chi connectivity index (χ2v) is 6.81. The molecule has 0 unspecified atom stereocenters. The van der Waals surface area contributed by atoms with Gasteiger partial charge in [0.25, 0.3) is 11.8 Å². The van der Waals surface area contributed by atoms with Crippen LogP contribution in [0.2, 0.25) is 0 Å². The topological polar surface area (TPSA) is 98.2 Å². The lowest BCUT2D eigenvalue weighted by Gasteiger charge is -2.05. The van der Waals surface area contributed by atoms with Crippen LogP contribution in [-0.4, -0.2) is 16.0 Å². The van der Waals surface area contributed by atoms with Crippen LogP contribution in [0.3, 0.4) is 0 Å². The molecule has 0 aliphatic heterocycles. The van der Waals surface area contributed by atoms with Crippen LogP contribution in [0.25, 0.3) is 33.8 Å². The quantitative estimate of drug-likeness (QED) is 0.430. The highest BCUT2D eigenvalue weighted by Crippen LogP contribution is 2.23. The summed E-state index contributed by atoms with van der Waals surface area (Å²) in [5, 5.41) is 7.39. The minimum atomic E-state index is -0.688. The summed E-state index contributed by atoms with van der Waals surface area (Å²) >= 11 is 0. The Labute approximate surface area is 176 Å². The molecular formula is C24H15N3O4. The molecular weight excluding hydrogens is 394 g/mol. The summed E-state index contributed by atoms with van der Waals surface area (Å²) in [5.74, 6) is 0.319. The Balaban J connectivity index is 1.35. The molecule has 0 spiro atoms. The van der Waals surface area contributed by atoms with Gasteiger partial charge in [0.15, 0.2) is 0 Å². The molecule has 5 aromatic rings. The maximum atomic E-state index is 12.6. The third-order valence-corrected chi connectivity index (χ3v) is 4.73. The first-order valence-electron chi connectivity index (χ1n) is 9.51. The van der Waals surface area contributed by atoms with Gasteiger partial charge in [0.05, 0.1) is 0 Å². The van der Waals surface area contributed by atoms with Crippen LogP contribution in [-0.2, 0) is 0 Å². The van der Waals surface area contributed by atoms with Gasteiger partial charge in [0.2, 0.25) is 5.82 Å². The molecule has 2 heterocycles. The van der Waals surface area contributed by atoms with Crippen LogP contribution in [0.5, 0.6) is 0 Å². The first-order valence-corrected chi connectivity index (χ1v) is 9.51. The summed E-state index contributed by atoms with van der Waals surface area (Å²) in [4.78, 5) is 29.2. The molecule has 0 bridgehead atoms. The molecule has 1 amide bonds. The standard InChI is InChI=1S/C24H15N3O4/c28-22(19-14-17-8-4-5-9-20(17)30-24(19)29)25-18-12-10-16(11-13-18)23-26-21(27-31-23)15-6-2-1-3-7-15/h1-14H,(H,25,28). The monoisotopic (exact) mass is 409 g/mol. The highest BCUT2D eigenvalue weighted by atomic mass is 16.5. The number of anilines is 1. The van der Waals surface area contributed by atoms with Gasteiger partial charge in [-0.1, -0.05) is 53.7 Å². The van der Waals surface area contributed by atoms with E-state index in [9.17, 15) is 9.59 Å². The Kier molecular flexibility index (Phi) is 4.61. The van der Waals surface area contributed by atoms with Crippen LogP contribution >= 0.6 is 0 Å². The van der Waals surface area contributed by atoms with Crippen LogP contribution in [0.4, 0.5) is 5.69 Å². The first-order chi connectivity index (χ1) is 15.2. The van der Waals surface area contributed by atoms with Crippen LogP contribution in [0, 0.1) is 0 Å². The number of aromatic nitrogens is 2. The zero-order valence-corrected chi connectivity index (χ0v) is 16.1. The van der Waals surface area contributed by atoms with Gasteiger partial charge in [0.1, 0.15) is 11.1 Å². The summed E-state index contributed by atoms with van der Waals surface area (Å²) in [6, 6.07) is 25.0. The zero-order valence-electron chi connectivity index (χ0n) is 16.1. The third-order valence-electron chi connectivity index (χ3n) is 4.73. The number of rotatable bonds is 4. The van der Waals surface area contributed by atoms with Gasteiger partial charge in [-0.3, -0.25) is 4.79 Å². The Hall–Kier alpha value is -4.52. The van der Waals surface area contributed by atoms with Gasteiger partial charge in [-0.25, -0.2) is 4.79 Å². The number of nitrogens with one attached hydrogen (secondary N) is 1. The molecule has 0 radical (unpaired) electrons. The summed E-state index contributed by atoms with van der Waals surface area (Å²) in [5.41, 5.74) is 1.76. The lowest BCUT2D eigenvalue weighted by molar-refractivity contribution is 0.102. The number of para-hydroxylation sites is 1. The maximum Gasteiger partial charge on any atom is 0.349 e. The van der Waals surface area contributed by atoms with Gasteiger partial charge in [-0.2, -0.15) is 4.98 Å². The van der Waals surface area contributed by atoms with E-state index in [1.54, 1.807) is 42.5 Å². The molecule has 5 rings (SSSR count). The van der Waals surface area contributed by atoms with E-state index >= 15 is 0 Å². The molecule has 0 saturated heterocycles. The van der Waals surface area contributed by atoms with Gasteiger partial charge < -0.3 is 14.3 Å². The number of amides is 1. The van der Waals surface area contributed by atoms with E-state index in [0.717, 1.165) is 5.56 Å². The molecule has 2 aromatic heterocycles. The number of benzene rings is 3. The molecule has 31 heavy (non-hydrogen) atoms. The summed E-state index contributed by atoms with van der Waals surface area (Å²) in [7, 11) is 0. The van der Waals surface area contributed by atoms with Gasteiger partial charge in [-0.05, 0) is 36.4 Å². The largest absolute Gasteiger partial charge is 0.422 e. The zero-order chi connectivity index (χ0) is 21.2. The SMILES string of the molecule is O=C(Nc1ccc(-c2nc(-c3ccccc3)no2)cc1)c1cc2ccccc2oc1=O. The average molecular weight is 409 g/mol. The number of carbonyl (C=O) groups excluding carboxylic acids is 1. The van der Waals surface area contributed by atoms with E-state index in [1.165, 1.54) is 6.07 Å². The predicted octanol–water partition coefficient (Wildman–Crippen LogP) is 4.76. The lowest BCUT2D eigenvalue weighted by Crippen LogP contribution is -2.20. The molecule has 0 atom stereocenters. The Bertz CT molecular complexity index is 1440. The first kappa shape index (κ1) is 18.5. The summed E-state index contributed by atoms with van der Waals surface area (Å²) < 4.78 is 10.6. The second kappa shape index (κ2) is 7.72. The molecule has 0 fully saturated rings. The molecule has 150 valence electrons. The average Bonchev–Trinajstić information content (AvgIpc) is 3.30. The molecule has 3 aromatic carbocycles. The van der Waals surface area contributed by atoms with Crippen molar-refractivity contribution in [3.63, 3.8) is 0 Å². The van der Waals surface area contributed by atoms with Crippen LogP contribution in [0.1, 0.15) is 10.4 Å². The minimum absolute atomic E-state index is 0.0628. The van der Waals surface area contributed by atoms with Crippen LogP contribution in [0.15, 0.2) is 98.7 Å². The Morgan fingerprint density at radius 2 is 1.58 bits per heavy atom. The molecule has 1 N–H and O–H groups in total. The molecule has 0 aliphatic carbocycles. The van der Waals surface area contributed by atoms with Crippen molar-refractivity contribution < 1.29 is 13.7 Å². The van der Waals surface area contributed by atoms with Gasteiger partial charge in [-0.15, -0.1) is 0 Å². The molecule has 0 saturated carbocycles. The fourth-order valence-corrected chi connectivity index (χ4v) is 3.16. The fraction of sp³-hybridized carbons (Fsp3) is 0.